The summed E-state index contributed by atoms with van der Waals surface area (Å²) in [4.78, 5) is 12.9. The molecule has 5 heteroatoms. The van der Waals surface area contributed by atoms with Crippen molar-refractivity contribution in [3.05, 3.63) is 82.4 Å². The predicted octanol–water partition coefficient (Wildman–Crippen LogP) is 4.79. The standard InChI is InChI=1S/C23H18O5/c1-12(2)15-4-3-5-16-21(15)23(28-22(16)26)17-8-6-13(24)10-19(17)27-20-11-14(25)7-9-18(20)23/h3-12,24-25H,1-2H3. The topological polar surface area (TPSA) is 76.0 Å². The van der Waals surface area contributed by atoms with Crippen LogP contribution >= 0.6 is 0 Å². The van der Waals surface area contributed by atoms with Crippen molar-refractivity contribution in [2.24, 2.45) is 0 Å². The molecule has 140 valence electrons. The summed E-state index contributed by atoms with van der Waals surface area (Å²) in [5, 5.41) is 19.9. The average molecular weight is 374 g/mol. The molecule has 0 unspecified atom stereocenters. The lowest BCUT2D eigenvalue weighted by atomic mass is 9.74. The molecular formula is C23H18O5. The Morgan fingerprint density at radius 1 is 0.893 bits per heavy atom. The maximum absolute atomic E-state index is 12.9. The molecule has 0 saturated heterocycles. The molecule has 0 bridgehead atoms. The van der Waals surface area contributed by atoms with Gasteiger partial charge in [-0.15, -0.1) is 0 Å². The fourth-order valence-electron chi connectivity index (χ4n) is 4.27. The molecular weight excluding hydrogens is 356 g/mol. The van der Waals surface area contributed by atoms with E-state index in [9.17, 15) is 15.0 Å². The molecule has 2 N–H and O–H groups in total. The Kier molecular flexibility index (Phi) is 3.29. The average Bonchev–Trinajstić information content (AvgIpc) is 2.95. The minimum atomic E-state index is -1.20. The molecule has 28 heavy (non-hydrogen) atoms. The van der Waals surface area contributed by atoms with Gasteiger partial charge in [0, 0.05) is 28.8 Å². The second-order valence-corrected chi connectivity index (χ2v) is 7.46. The van der Waals surface area contributed by atoms with Gasteiger partial charge in [0.25, 0.3) is 0 Å². The summed E-state index contributed by atoms with van der Waals surface area (Å²) in [6.07, 6.45) is 0. The summed E-state index contributed by atoms with van der Waals surface area (Å²) >= 11 is 0. The van der Waals surface area contributed by atoms with Gasteiger partial charge >= 0.3 is 5.97 Å². The van der Waals surface area contributed by atoms with Crippen LogP contribution in [0.5, 0.6) is 23.0 Å². The van der Waals surface area contributed by atoms with Crippen LogP contribution in [0.2, 0.25) is 0 Å². The van der Waals surface area contributed by atoms with E-state index in [1.165, 1.54) is 12.1 Å². The van der Waals surface area contributed by atoms with E-state index >= 15 is 0 Å². The molecule has 5 nitrogen and oxygen atoms in total. The second-order valence-electron chi connectivity index (χ2n) is 7.46. The highest BCUT2D eigenvalue weighted by Gasteiger charge is 2.54. The maximum atomic E-state index is 12.9. The number of carbonyl (C=O) groups is 1. The Morgan fingerprint density at radius 2 is 1.50 bits per heavy atom. The molecule has 2 heterocycles. The molecule has 3 aromatic carbocycles. The lowest BCUT2D eigenvalue weighted by molar-refractivity contribution is 0.0222. The first-order valence-corrected chi connectivity index (χ1v) is 9.13. The molecule has 0 radical (unpaired) electrons. The van der Waals surface area contributed by atoms with Gasteiger partial charge < -0.3 is 19.7 Å². The van der Waals surface area contributed by atoms with Gasteiger partial charge in [-0.05, 0) is 41.8 Å². The Balaban J connectivity index is 1.94. The van der Waals surface area contributed by atoms with Gasteiger partial charge in [-0.1, -0.05) is 26.0 Å². The van der Waals surface area contributed by atoms with Crippen molar-refractivity contribution in [2.75, 3.05) is 0 Å². The summed E-state index contributed by atoms with van der Waals surface area (Å²) in [7, 11) is 0. The van der Waals surface area contributed by atoms with Crippen LogP contribution in [0, 0.1) is 0 Å². The smallest absolute Gasteiger partial charge is 0.340 e. The molecule has 0 amide bonds. The normalized spacial score (nSPS) is 15.6. The van der Waals surface area contributed by atoms with E-state index in [0.717, 1.165) is 11.1 Å². The predicted molar refractivity (Wildman–Crippen MR) is 102 cm³/mol. The van der Waals surface area contributed by atoms with Gasteiger partial charge in [-0.25, -0.2) is 4.79 Å². The molecule has 1 spiro atoms. The van der Waals surface area contributed by atoms with Crippen LogP contribution in [-0.4, -0.2) is 16.2 Å². The number of ether oxygens (including phenoxy) is 2. The highest BCUT2D eigenvalue weighted by atomic mass is 16.6. The van der Waals surface area contributed by atoms with Crippen molar-refractivity contribution in [3.63, 3.8) is 0 Å². The fourth-order valence-corrected chi connectivity index (χ4v) is 4.27. The molecule has 0 atom stereocenters. The Hall–Kier alpha value is -3.47. The van der Waals surface area contributed by atoms with Gasteiger partial charge in [0.2, 0.25) is 0 Å². The zero-order valence-corrected chi connectivity index (χ0v) is 15.4. The van der Waals surface area contributed by atoms with Crippen LogP contribution in [0.15, 0.2) is 54.6 Å². The molecule has 0 aliphatic carbocycles. The molecule has 2 aliphatic rings. The van der Waals surface area contributed by atoms with Gasteiger partial charge in [-0.3, -0.25) is 0 Å². The Bertz CT molecular complexity index is 1090. The maximum Gasteiger partial charge on any atom is 0.340 e. The highest BCUT2D eigenvalue weighted by molar-refractivity contribution is 5.97. The van der Waals surface area contributed by atoms with E-state index in [1.54, 1.807) is 30.3 Å². The number of aromatic hydroxyl groups is 2. The van der Waals surface area contributed by atoms with Gasteiger partial charge in [-0.2, -0.15) is 0 Å². The zero-order valence-electron chi connectivity index (χ0n) is 15.4. The minimum Gasteiger partial charge on any atom is -0.508 e. The minimum absolute atomic E-state index is 0.0409. The number of carbonyl (C=O) groups excluding carboxylic acids is 1. The SMILES string of the molecule is CC(C)c1cccc2c1C1(OC2=O)c2ccc(O)cc2Oc2cc(O)ccc21. The number of hydrogen-bond acceptors (Lipinski definition) is 5. The molecule has 0 fully saturated rings. The molecule has 0 aromatic heterocycles. The first kappa shape index (κ1) is 16.7. The number of rotatable bonds is 1. The number of phenols is 2. The third kappa shape index (κ3) is 2.04. The van der Waals surface area contributed by atoms with Gasteiger partial charge in [0.15, 0.2) is 5.60 Å². The third-order valence-corrected chi connectivity index (χ3v) is 5.45. The van der Waals surface area contributed by atoms with Crippen molar-refractivity contribution in [3.8, 4) is 23.0 Å². The largest absolute Gasteiger partial charge is 0.508 e. The van der Waals surface area contributed by atoms with Crippen LogP contribution in [0.4, 0.5) is 0 Å². The molecule has 3 aromatic rings. The quantitative estimate of drug-likeness (QED) is 0.599. The van der Waals surface area contributed by atoms with E-state index < -0.39 is 11.6 Å². The number of phenolic OH excluding ortho intramolecular Hbond substituents is 2. The molecule has 0 saturated carbocycles. The number of esters is 1. The van der Waals surface area contributed by atoms with Gasteiger partial charge in [0.1, 0.15) is 23.0 Å². The second kappa shape index (κ2) is 5.52. The Labute approximate surface area is 161 Å². The molecule has 5 rings (SSSR count). The van der Waals surface area contributed by atoms with Gasteiger partial charge in [0.05, 0.1) is 5.56 Å². The number of benzene rings is 3. The van der Waals surface area contributed by atoms with Crippen molar-refractivity contribution >= 4 is 5.97 Å². The molecule has 2 aliphatic heterocycles. The summed E-state index contributed by atoms with van der Waals surface area (Å²) in [5.41, 5.74) is 2.40. The van der Waals surface area contributed by atoms with Crippen molar-refractivity contribution in [2.45, 2.75) is 25.4 Å². The highest BCUT2D eigenvalue weighted by Crippen LogP contribution is 2.58. The van der Waals surface area contributed by atoms with Crippen molar-refractivity contribution in [1.82, 2.24) is 0 Å². The van der Waals surface area contributed by atoms with E-state index in [2.05, 4.69) is 13.8 Å². The summed E-state index contributed by atoms with van der Waals surface area (Å²) in [6, 6.07) is 15.2. The van der Waals surface area contributed by atoms with Crippen LogP contribution in [0.25, 0.3) is 0 Å². The third-order valence-electron chi connectivity index (χ3n) is 5.45. The monoisotopic (exact) mass is 374 g/mol. The first-order valence-electron chi connectivity index (χ1n) is 9.13. The van der Waals surface area contributed by atoms with E-state index in [1.807, 2.05) is 12.1 Å². The van der Waals surface area contributed by atoms with E-state index in [0.29, 0.717) is 28.2 Å². The van der Waals surface area contributed by atoms with E-state index in [-0.39, 0.29) is 17.4 Å². The Morgan fingerprint density at radius 3 is 2.07 bits per heavy atom. The van der Waals surface area contributed by atoms with Crippen LogP contribution in [0.1, 0.15) is 52.4 Å². The lowest BCUT2D eigenvalue weighted by Crippen LogP contribution is -2.34. The number of fused-ring (bicyclic) bond motifs is 6. The van der Waals surface area contributed by atoms with E-state index in [4.69, 9.17) is 9.47 Å². The summed E-state index contributed by atoms with van der Waals surface area (Å²) < 4.78 is 12.1. The van der Waals surface area contributed by atoms with Crippen molar-refractivity contribution < 1.29 is 24.5 Å². The summed E-state index contributed by atoms with van der Waals surface area (Å²) in [5.74, 6) is 0.607. The zero-order chi connectivity index (χ0) is 19.6. The summed E-state index contributed by atoms with van der Waals surface area (Å²) in [6.45, 7) is 4.14. The lowest BCUT2D eigenvalue weighted by Gasteiger charge is -2.37. The van der Waals surface area contributed by atoms with Crippen molar-refractivity contribution in [1.29, 1.82) is 0 Å². The fraction of sp³-hybridized carbons (Fsp3) is 0.174. The van der Waals surface area contributed by atoms with Crippen LogP contribution in [-0.2, 0) is 10.3 Å². The van der Waals surface area contributed by atoms with Crippen LogP contribution < -0.4 is 4.74 Å². The number of hydrogen-bond donors (Lipinski definition) is 2. The first-order chi connectivity index (χ1) is 13.4. The van der Waals surface area contributed by atoms with Crippen LogP contribution in [0.3, 0.4) is 0 Å².